The first-order chi connectivity index (χ1) is 12.5. The first-order valence-corrected chi connectivity index (χ1v) is 8.87. The SMILES string of the molecule is CC(=O)N1C=Cc2ccccc2[C@@H]1CC(=O)OCc1ccc(Cl)cc1Cl. The van der Waals surface area contributed by atoms with Crippen LogP contribution in [0.5, 0.6) is 0 Å². The predicted octanol–water partition coefficient (Wildman–Crippen LogP) is 5.00. The van der Waals surface area contributed by atoms with Gasteiger partial charge < -0.3 is 9.64 Å². The van der Waals surface area contributed by atoms with Crippen molar-refractivity contribution in [1.29, 1.82) is 0 Å². The minimum Gasteiger partial charge on any atom is -0.461 e. The standard InChI is InChI=1S/C20H17Cl2NO3/c1-13(24)23-9-8-14-4-2-3-5-17(14)19(23)11-20(25)26-12-15-6-7-16(21)10-18(15)22/h2-10,19H,11-12H2,1H3/t19-/m0/s1. The Morgan fingerprint density at radius 2 is 1.92 bits per heavy atom. The van der Waals surface area contributed by atoms with E-state index in [0.717, 1.165) is 11.1 Å². The Morgan fingerprint density at radius 1 is 1.15 bits per heavy atom. The Kier molecular flexibility index (Phi) is 5.64. The summed E-state index contributed by atoms with van der Waals surface area (Å²) in [6, 6.07) is 12.3. The Bertz CT molecular complexity index is 879. The number of esters is 1. The molecular formula is C20H17Cl2NO3. The summed E-state index contributed by atoms with van der Waals surface area (Å²) in [6.45, 7) is 1.53. The molecule has 1 atom stereocenters. The number of carbonyl (C=O) groups is 2. The number of rotatable bonds is 4. The summed E-state index contributed by atoms with van der Waals surface area (Å²) in [4.78, 5) is 25.9. The number of amides is 1. The molecule has 0 aliphatic carbocycles. The molecule has 26 heavy (non-hydrogen) atoms. The number of benzene rings is 2. The van der Waals surface area contributed by atoms with Crippen molar-refractivity contribution >= 4 is 41.2 Å². The summed E-state index contributed by atoms with van der Waals surface area (Å²) in [5.74, 6) is -0.535. The quantitative estimate of drug-likeness (QED) is 0.691. The fourth-order valence-electron chi connectivity index (χ4n) is 2.93. The monoisotopic (exact) mass is 389 g/mol. The van der Waals surface area contributed by atoms with E-state index in [4.69, 9.17) is 27.9 Å². The lowest BCUT2D eigenvalue weighted by Crippen LogP contribution is -2.32. The molecule has 6 heteroatoms. The molecule has 0 saturated carbocycles. The normalized spacial score (nSPS) is 15.5. The molecule has 0 N–H and O–H groups in total. The Balaban J connectivity index is 1.72. The molecule has 0 radical (unpaired) electrons. The van der Waals surface area contributed by atoms with Crippen LogP contribution < -0.4 is 0 Å². The second-order valence-electron chi connectivity index (χ2n) is 5.99. The van der Waals surface area contributed by atoms with Crippen LogP contribution in [0.4, 0.5) is 0 Å². The molecule has 1 aliphatic rings. The maximum Gasteiger partial charge on any atom is 0.308 e. The highest BCUT2D eigenvalue weighted by Crippen LogP contribution is 2.33. The second-order valence-corrected chi connectivity index (χ2v) is 6.83. The fourth-order valence-corrected chi connectivity index (χ4v) is 3.39. The summed E-state index contributed by atoms with van der Waals surface area (Å²) in [5, 5.41) is 0.967. The predicted molar refractivity (Wildman–Crippen MR) is 102 cm³/mol. The van der Waals surface area contributed by atoms with Gasteiger partial charge in [0, 0.05) is 28.7 Å². The largest absolute Gasteiger partial charge is 0.461 e. The van der Waals surface area contributed by atoms with Crippen LogP contribution >= 0.6 is 23.2 Å². The number of fused-ring (bicyclic) bond motifs is 1. The summed E-state index contributed by atoms with van der Waals surface area (Å²) >= 11 is 12.0. The number of ether oxygens (including phenoxy) is 1. The molecule has 3 rings (SSSR count). The van der Waals surface area contributed by atoms with E-state index in [1.165, 1.54) is 6.92 Å². The Morgan fingerprint density at radius 3 is 2.65 bits per heavy atom. The van der Waals surface area contributed by atoms with Gasteiger partial charge >= 0.3 is 5.97 Å². The summed E-state index contributed by atoms with van der Waals surface area (Å²) in [5.41, 5.74) is 2.59. The van der Waals surface area contributed by atoms with Crippen molar-refractivity contribution in [3.05, 3.63) is 75.4 Å². The molecule has 0 fully saturated rings. The lowest BCUT2D eigenvalue weighted by Gasteiger charge is -2.32. The number of hydrogen-bond donors (Lipinski definition) is 0. The third-order valence-corrected chi connectivity index (χ3v) is 4.82. The zero-order chi connectivity index (χ0) is 18.7. The smallest absolute Gasteiger partial charge is 0.308 e. The van der Waals surface area contributed by atoms with E-state index in [1.807, 2.05) is 30.3 Å². The number of halogens is 2. The van der Waals surface area contributed by atoms with Gasteiger partial charge in [0.25, 0.3) is 0 Å². The molecule has 1 heterocycles. The van der Waals surface area contributed by atoms with Gasteiger partial charge in [-0.3, -0.25) is 9.59 Å². The van der Waals surface area contributed by atoms with Crippen LogP contribution in [-0.4, -0.2) is 16.8 Å². The molecule has 0 spiro atoms. The Labute approximate surface area is 162 Å². The third kappa shape index (κ3) is 4.09. The van der Waals surface area contributed by atoms with Gasteiger partial charge in [-0.1, -0.05) is 53.5 Å². The van der Waals surface area contributed by atoms with Gasteiger partial charge in [-0.25, -0.2) is 0 Å². The van der Waals surface area contributed by atoms with Gasteiger partial charge in [0.1, 0.15) is 6.61 Å². The van der Waals surface area contributed by atoms with E-state index in [-0.39, 0.29) is 25.0 Å². The number of carbonyl (C=O) groups excluding carboxylic acids is 2. The molecule has 0 unspecified atom stereocenters. The molecule has 1 amide bonds. The van der Waals surface area contributed by atoms with Crippen LogP contribution in [0.25, 0.3) is 6.08 Å². The van der Waals surface area contributed by atoms with Crippen LogP contribution in [0.3, 0.4) is 0 Å². The van der Waals surface area contributed by atoms with E-state index in [1.54, 1.807) is 29.3 Å². The highest BCUT2D eigenvalue weighted by molar-refractivity contribution is 6.35. The second kappa shape index (κ2) is 7.94. The van der Waals surface area contributed by atoms with Crippen LogP contribution in [0.2, 0.25) is 10.0 Å². The summed E-state index contributed by atoms with van der Waals surface area (Å²) < 4.78 is 5.37. The highest BCUT2D eigenvalue weighted by Gasteiger charge is 2.28. The van der Waals surface area contributed by atoms with E-state index < -0.39 is 5.97 Å². The molecule has 0 saturated heterocycles. The molecule has 0 aromatic heterocycles. The van der Waals surface area contributed by atoms with Crippen molar-refractivity contribution in [3.63, 3.8) is 0 Å². The van der Waals surface area contributed by atoms with E-state index in [2.05, 4.69) is 0 Å². The van der Waals surface area contributed by atoms with E-state index >= 15 is 0 Å². The molecule has 1 aliphatic heterocycles. The van der Waals surface area contributed by atoms with Crippen LogP contribution in [-0.2, 0) is 20.9 Å². The van der Waals surface area contributed by atoms with E-state index in [9.17, 15) is 9.59 Å². The molecule has 134 valence electrons. The van der Waals surface area contributed by atoms with Crippen molar-refractivity contribution in [1.82, 2.24) is 4.90 Å². The van der Waals surface area contributed by atoms with Crippen molar-refractivity contribution in [3.8, 4) is 0 Å². The summed E-state index contributed by atoms with van der Waals surface area (Å²) in [6.07, 6.45) is 3.64. The summed E-state index contributed by atoms with van der Waals surface area (Å²) in [7, 11) is 0. The topological polar surface area (TPSA) is 46.6 Å². The molecule has 2 aromatic carbocycles. The van der Waals surface area contributed by atoms with Gasteiger partial charge in [0.2, 0.25) is 5.91 Å². The van der Waals surface area contributed by atoms with Crippen molar-refractivity contribution in [2.75, 3.05) is 0 Å². The van der Waals surface area contributed by atoms with Gasteiger partial charge in [0.15, 0.2) is 0 Å². The number of hydrogen-bond acceptors (Lipinski definition) is 3. The maximum absolute atomic E-state index is 12.4. The van der Waals surface area contributed by atoms with Gasteiger partial charge in [-0.2, -0.15) is 0 Å². The lowest BCUT2D eigenvalue weighted by molar-refractivity contribution is -0.146. The molecule has 4 nitrogen and oxygen atoms in total. The van der Waals surface area contributed by atoms with Gasteiger partial charge in [-0.15, -0.1) is 0 Å². The number of nitrogens with zero attached hydrogens (tertiary/aromatic N) is 1. The van der Waals surface area contributed by atoms with E-state index in [0.29, 0.717) is 15.6 Å². The van der Waals surface area contributed by atoms with Gasteiger partial charge in [-0.05, 0) is 29.3 Å². The molecule has 2 aromatic rings. The first-order valence-electron chi connectivity index (χ1n) is 8.11. The van der Waals surface area contributed by atoms with Gasteiger partial charge in [0.05, 0.1) is 12.5 Å². The molecular weight excluding hydrogens is 373 g/mol. The zero-order valence-electron chi connectivity index (χ0n) is 14.1. The van der Waals surface area contributed by atoms with Crippen molar-refractivity contribution < 1.29 is 14.3 Å². The van der Waals surface area contributed by atoms with Crippen molar-refractivity contribution in [2.45, 2.75) is 26.0 Å². The fraction of sp³-hybridized carbons (Fsp3) is 0.200. The minimum absolute atomic E-state index is 0.0547. The van der Waals surface area contributed by atoms with Crippen LogP contribution in [0, 0.1) is 0 Å². The Hall–Kier alpha value is -2.30. The molecule has 0 bridgehead atoms. The lowest BCUT2D eigenvalue weighted by atomic mass is 9.94. The maximum atomic E-state index is 12.4. The average molecular weight is 390 g/mol. The first kappa shape index (κ1) is 18.5. The average Bonchev–Trinajstić information content (AvgIpc) is 2.61. The third-order valence-electron chi connectivity index (χ3n) is 4.23. The highest BCUT2D eigenvalue weighted by atomic mass is 35.5. The zero-order valence-corrected chi connectivity index (χ0v) is 15.6. The van der Waals surface area contributed by atoms with Crippen LogP contribution in [0.15, 0.2) is 48.7 Å². The van der Waals surface area contributed by atoms with Crippen LogP contribution in [0.1, 0.15) is 36.1 Å². The minimum atomic E-state index is -0.405. The van der Waals surface area contributed by atoms with Crippen molar-refractivity contribution in [2.24, 2.45) is 0 Å².